The summed E-state index contributed by atoms with van der Waals surface area (Å²) in [6.45, 7) is -0.266. The number of thioether (sulfide) groups is 1. The minimum absolute atomic E-state index is 0.266. The van der Waals surface area contributed by atoms with Crippen LogP contribution in [0, 0.1) is 11.7 Å². The van der Waals surface area contributed by atoms with E-state index in [2.05, 4.69) is 21.2 Å². The molecule has 1 saturated heterocycles. The Labute approximate surface area is 250 Å². The summed E-state index contributed by atoms with van der Waals surface area (Å²) in [7, 11) is 1.55. The van der Waals surface area contributed by atoms with Crippen LogP contribution in [0.25, 0.3) is 0 Å². The van der Waals surface area contributed by atoms with Crippen LogP contribution < -0.4 is 19.8 Å². The normalized spacial score (nSPS) is 19.6. The number of carbonyl (C=O) groups is 3. The highest BCUT2D eigenvalue weighted by molar-refractivity contribution is 9.10. The number of nitrogens with zero attached hydrogens (tertiary/aromatic N) is 2. The first-order valence-corrected chi connectivity index (χ1v) is 15.0. The number of methoxy groups -OCH3 is 1. The van der Waals surface area contributed by atoms with Gasteiger partial charge < -0.3 is 10.1 Å². The lowest BCUT2D eigenvalue weighted by Gasteiger charge is -2.30. The molecule has 1 aromatic heterocycles. The molecule has 4 aromatic rings. The highest BCUT2D eigenvalue weighted by Crippen LogP contribution is 2.54. The van der Waals surface area contributed by atoms with E-state index in [1.54, 1.807) is 31.4 Å². The van der Waals surface area contributed by atoms with Gasteiger partial charge in [0.2, 0.25) is 17.7 Å². The third-order valence-corrected chi connectivity index (χ3v) is 10.2. The number of hydrogen-bond acceptors (Lipinski definition) is 7. The van der Waals surface area contributed by atoms with Crippen molar-refractivity contribution in [2.24, 2.45) is 5.92 Å². The summed E-state index contributed by atoms with van der Waals surface area (Å²) >= 11 is 5.54. The quantitative estimate of drug-likeness (QED) is 0.285. The van der Waals surface area contributed by atoms with Gasteiger partial charge in [0, 0.05) is 21.0 Å². The molecule has 41 heavy (non-hydrogen) atoms. The molecule has 208 valence electrons. The van der Waals surface area contributed by atoms with Crippen LogP contribution in [0.4, 0.5) is 15.8 Å². The number of anilines is 2. The molecule has 1 N–H and O–H groups in total. The summed E-state index contributed by atoms with van der Waals surface area (Å²) < 4.78 is 21.0. The number of nitrogens with one attached hydrogen (secondary N) is 1. The predicted molar refractivity (Wildman–Crippen MR) is 158 cm³/mol. The second-order valence-electron chi connectivity index (χ2n) is 9.48. The molecule has 3 aromatic carbocycles. The number of fused-ring (bicyclic) bond motifs is 2. The molecule has 12 heteroatoms. The van der Waals surface area contributed by atoms with E-state index in [4.69, 9.17) is 4.74 Å². The van der Waals surface area contributed by atoms with E-state index in [0.717, 1.165) is 38.0 Å². The molecule has 8 nitrogen and oxygen atoms in total. The number of rotatable bonds is 6. The van der Waals surface area contributed by atoms with Crippen molar-refractivity contribution in [2.75, 3.05) is 17.3 Å². The number of ether oxygens (including phenoxy) is 1. The summed E-state index contributed by atoms with van der Waals surface area (Å²) in [5.74, 6) is -2.49. The SMILES string of the molecule is COc1ccc(NC(=O)Cn2c3c(sc2=O)[C@@H](c2ccc(Br)cc2)[C@@H]2C(=O)N(c4ccc(F)cc4)C(=O)[C@@H]2S3)cc1. The predicted octanol–water partition coefficient (Wildman–Crippen LogP) is 5.25. The van der Waals surface area contributed by atoms with Gasteiger partial charge in [-0.15, -0.1) is 0 Å². The number of imide groups is 1. The van der Waals surface area contributed by atoms with Crippen molar-refractivity contribution in [3.8, 4) is 5.75 Å². The van der Waals surface area contributed by atoms with Crippen molar-refractivity contribution >= 4 is 68.1 Å². The van der Waals surface area contributed by atoms with Crippen molar-refractivity contribution in [3.63, 3.8) is 0 Å². The number of aromatic nitrogens is 1. The molecule has 0 saturated carbocycles. The van der Waals surface area contributed by atoms with Gasteiger partial charge in [-0.1, -0.05) is 51.2 Å². The summed E-state index contributed by atoms with van der Waals surface area (Å²) in [5.41, 5.74) is 1.59. The Morgan fingerprint density at radius 3 is 2.32 bits per heavy atom. The first kappa shape index (κ1) is 27.4. The van der Waals surface area contributed by atoms with Gasteiger partial charge in [-0.25, -0.2) is 9.29 Å². The topological polar surface area (TPSA) is 97.7 Å². The first-order valence-electron chi connectivity index (χ1n) is 12.5. The molecule has 3 heterocycles. The van der Waals surface area contributed by atoms with Crippen molar-refractivity contribution in [2.45, 2.75) is 22.7 Å². The number of hydrogen-bond donors (Lipinski definition) is 1. The molecule has 0 aliphatic carbocycles. The Hall–Kier alpha value is -3.74. The zero-order valence-electron chi connectivity index (χ0n) is 21.4. The fraction of sp³-hybridized carbons (Fsp3) is 0.172. The Morgan fingerprint density at radius 1 is 0.976 bits per heavy atom. The molecule has 0 radical (unpaired) electrons. The lowest BCUT2D eigenvalue weighted by atomic mass is 9.83. The van der Waals surface area contributed by atoms with Crippen LogP contribution in [0.1, 0.15) is 16.4 Å². The van der Waals surface area contributed by atoms with E-state index >= 15 is 0 Å². The standard InChI is InChI=1S/C29H21BrFN3O5S2/c1-39-20-12-8-18(9-13-20)32-21(35)14-33-28-25(41-29(33)38)22(15-2-4-16(30)5-3-15)23-24(40-28)27(37)34(26(23)36)19-10-6-17(31)7-11-19/h2-13,22-24H,14H2,1H3,(H,32,35)/t22-,23-,24+/m0/s1. The zero-order chi connectivity index (χ0) is 28.8. The summed E-state index contributed by atoms with van der Waals surface area (Å²) in [6.07, 6.45) is 0. The lowest BCUT2D eigenvalue weighted by molar-refractivity contribution is -0.122. The van der Waals surface area contributed by atoms with Gasteiger partial charge in [0.25, 0.3) is 0 Å². The number of amides is 3. The van der Waals surface area contributed by atoms with E-state index in [1.807, 2.05) is 24.3 Å². The van der Waals surface area contributed by atoms with Gasteiger partial charge in [0.05, 0.1) is 23.7 Å². The third kappa shape index (κ3) is 5.00. The molecule has 0 unspecified atom stereocenters. The number of thiazole rings is 1. The smallest absolute Gasteiger partial charge is 0.308 e. The van der Waals surface area contributed by atoms with Crippen LogP contribution in [-0.4, -0.2) is 34.6 Å². The third-order valence-electron chi connectivity index (χ3n) is 7.04. The van der Waals surface area contributed by atoms with Gasteiger partial charge in [-0.2, -0.15) is 0 Å². The average Bonchev–Trinajstić information content (AvgIpc) is 3.40. The fourth-order valence-corrected chi connectivity index (χ4v) is 8.19. The van der Waals surface area contributed by atoms with Gasteiger partial charge >= 0.3 is 4.87 Å². The van der Waals surface area contributed by atoms with Gasteiger partial charge in [-0.05, 0) is 66.2 Å². The van der Waals surface area contributed by atoms with E-state index in [-0.39, 0.29) is 17.1 Å². The maximum atomic E-state index is 13.8. The van der Waals surface area contributed by atoms with Crippen molar-refractivity contribution < 1.29 is 23.5 Å². The largest absolute Gasteiger partial charge is 0.497 e. The highest BCUT2D eigenvalue weighted by Gasteiger charge is 2.56. The van der Waals surface area contributed by atoms with E-state index in [9.17, 15) is 23.6 Å². The molecule has 6 rings (SSSR count). The second kappa shape index (κ2) is 10.9. The van der Waals surface area contributed by atoms with Crippen LogP contribution in [0.3, 0.4) is 0 Å². The molecule has 3 amide bonds. The molecule has 2 aliphatic heterocycles. The van der Waals surface area contributed by atoms with Gasteiger partial charge in [-0.3, -0.25) is 23.7 Å². The molecular weight excluding hydrogens is 633 g/mol. The average molecular weight is 655 g/mol. The molecule has 1 fully saturated rings. The van der Waals surface area contributed by atoms with Gasteiger partial charge in [0.15, 0.2) is 0 Å². The molecule has 2 aliphatic rings. The van der Waals surface area contributed by atoms with Crippen LogP contribution >= 0.6 is 39.0 Å². The summed E-state index contributed by atoms with van der Waals surface area (Å²) in [4.78, 5) is 55.2. The number of halogens is 2. The van der Waals surface area contributed by atoms with Crippen LogP contribution in [-0.2, 0) is 20.9 Å². The van der Waals surface area contributed by atoms with E-state index in [0.29, 0.717) is 21.3 Å². The van der Waals surface area contributed by atoms with Crippen molar-refractivity contribution in [3.05, 3.63) is 103 Å². The second-order valence-corrected chi connectivity index (χ2v) is 12.5. The van der Waals surface area contributed by atoms with Crippen molar-refractivity contribution in [1.82, 2.24) is 4.57 Å². The van der Waals surface area contributed by atoms with Crippen molar-refractivity contribution in [1.29, 1.82) is 0 Å². The number of carbonyl (C=O) groups excluding carboxylic acids is 3. The zero-order valence-corrected chi connectivity index (χ0v) is 24.6. The minimum Gasteiger partial charge on any atom is -0.497 e. The Morgan fingerprint density at radius 2 is 1.66 bits per heavy atom. The Balaban J connectivity index is 1.38. The summed E-state index contributed by atoms with van der Waals surface area (Å²) in [5, 5.41) is 2.44. The molecule has 0 spiro atoms. The maximum Gasteiger partial charge on any atom is 0.308 e. The minimum atomic E-state index is -0.835. The van der Waals surface area contributed by atoms with Gasteiger partial charge in [0.1, 0.15) is 23.4 Å². The van der Waals surface area contributed by atoms with Crippen LogP contribution in [0.2, 0.25) is 0 Å². The van der Waals surface area contributed by atoms with Crippen LogP contribution in [0.15, 0.2) is 87.1 Å². The monoisotopic (exact) mass is 653 g/mol. The molecule has 3 atom stereocenters. The lowest BCUT2D eigenvalue weighted by Crippen LogP contribution is -2.33. The Kier molecular flexibility index (Phi) is 7.30. The molecular formula is C29H21BrFN3O5S2. The van der Waals surface area contributed by atoms with Crippen LogP contribution in [0.5, 0.6) is 5.75 Å². The number of benzene rings is 3. The fourth-order valence-electron chi connectivity index (χ4n) is 5.15. The first-order chi connectivity index (χ1) is 19.7. The van der Waals surface area contributed by atoms with E-state index in [1.165, 1.54) is 28.8 Å². The maximum absolute atomic E-state index is 13.8. The Bertz CT molecular complexity index is 1720. The highest BCUT2D eigenvalue weighted by atomic mass is 79.9. The molecule has 0 bridgehead atoms. The van der Waals surface area contributed by atoms with E-state index < -0.39 is 40.6 Å². The summed E-state index contributed by atoms with van der Waals surface area (Å²) in [6, 6.07) is 19.4.